The molecule has 0 spiro atoms. The van der Waals surface area contributed by atoms with Gasteiger partial charge in [0.2, 0.25) is 0 Å². The molecule has 0 fully saturated rings. The standard InChI is InChI=1S/C8H5NO3/c9-5-6(8(10)11)4-7-2-1-3-12-7/h1-4H,(H,10,11)/b6-4+. The molecule has 4 nitrogen and oxygen atoms in total. The van der Waals surface area contributed by atoms with Crippen LogP contribution in [-0.2, 0) is 4.79 Å². The molecule has 0 amide bonds. The summed E-state index contributed by atoms with van der Waals surface area (Å²) in [4.78, 5) is 10.3. The van der Waals surface area contributed by atoms with Crippen molar-refractivity contribution in [3.63, 3.8) is 0 Å². The number of carboxylic acids is 1. The van der Waals surface area contributed by atoms with Crippen molar-refractivity contribution < 1.29 is 14.3 Å². The number of hydrogen-bond acceptors (Lipinski definition) is 3. The van der Waals surface area contributed by atoms with E-state index >= 15 is 0 Å². The Bertz CT molecular complexity index is 343. The number of nitriles is 1. The highest BCUT2D eigenvalue weighted by Crippen LogP contribution is 2.06. The Morgan fingerprint density at radius 2 is 2.50 bits per heavy atom. The van der Waals surface area contributed by atoms with Gasteiger partial charge in [-0.3, -0.25) is 0 Å². The fraction of sp³-hybridized carbons (Fsp3) is 0. The van der Waals surface area contributed by atoms with E-state index in [2.05, 4.69) is 0 Å². The van der Waals surface area contributed by atoms with Gasteiger partial charge in [0.1, 0.15) is 17.4 Å². The zero-order chi connectivity index (χ0) is 8.97. The van der Waals surface area contributed by atoms with Gasteiger partial charge in [-0.2, -0.15) is 5.26 Å². The summed E-state index contributed by atoms with van der Waals surface area (Å²) >= 11 is 0. The van der Waals surface area contributed by atoms with Gasteiger partial charge in [-0.15, -0.1) is 0 Å². The summed E-state index contributed by atoms with van der Waals surface area (Å²) in [6, 6.07) is 4.72. The van der Waals surface area contributed by atoms with Crippen LogP contribution in [-0.4, -0.2) is 11.1 Å². The third-order valence-electron chi connectivity index (χ3n) is 1.18. The molecule has 0 radical (unpaired) electrons. The van der Waals surface area contributed by atoms with E-state index in [1.54, 1.807) is 18.2 Å². The lowest BCUT2D eigenvalue weighted by Gasteiger charge is -1.86. The van der Waals surface area contributed by atoms with Crippen LogP contribution in [0.1, 0.15) is 5.76 Å². The van der Waals surface area contributed by atoms with Crippen molar-refractivity contribution in [1.29, 1.82) is 5.26 Å². The maximum absolute atomic E-state index is 10.3. The molecule has 0 saturated carbocycles. The highest BCUT2D eigenvalue weighted by Gasteiger charge is 2.05. The first-order chi connectivity index (χ1) is 5.74. The fourth-order valence-corrected chi connectivity index (χ4v) is 0.657. The molecule has 0 bridgehead atoms. The topological polar surface area (TPSA) is 74.2 Å². The molecule has 0 aliphatic rings. The van der Waals surface area contributed by atoms with E-state index in [-0.39, 0.29) is 5.57 Å². The number of furan rings is 1. The Labute approximate surface area is 68.3 Å². The predicted octanol–water partition coefficient (Wildman–Crippen LogP) is 1.27. The van der Waals surface area contributed by atoms with Gasteiger partial charge in [0, 0.05) is 6.08 Å². The summed E-state index contributed by atoms with van der Waals surface area (Å²) in [7, 11) is 0. The van der Waals surface area contributed by atoms with Crippen molar-refractivity contribution in [1.82, 2.24) is 0 Å². The Morgan fingerprint density at radius 1 is 1.75 bits per heavy atom. The fourth-order valence-electron chi connectivity index (χ4n) is 0.657. The van der Waals surface area contributed by atoms with Crippen LogP contribution >= 0.6 is 0 Å². The van der Waals surface area contributed by atoms with Crippen LogP contribution < -0.4 is 0 Å². The minimum absolute atomic E-state index is 0.343. The van der Waals surface area contributed by atoms with Crippen LogP contribution in [0.25, 0.3) is 6.08 Å². The summed E-state index contributed by atoms with van der Waals surface area (Å²) in [5, 5.41) is 16.8. The molecule has 0 aromatic carbocycles. The maximum atomic E-state index is 10.3. The second kappa shape index (κ2) is 3.39. The molecule has 0 aliphatic heterocycles. The minimum atomic E-state index is -1.26. The third kappa shape index (κ3) is 1.73. The lowest BCUT2D eigenvalue weighted by atomic mass is 10.2. The summed E-state index contributed by atoms with van der Waals surface area (Å²) < 4.78 is 4.83. The largest absolute Gasteiger partial charge is 0.477 e. The molecule has 1 N–H and O–H groups in total. The van der Waals surface area contributed by atoms with E-state index in [0.717, 1.165) is 0 Å². The van der Waals surface area contributed by atoms with Crippen LogP contribution in [0.4, 0.5) is 0 Å². The molecular formula is C8H5NO3. The molecule has 1 aromatic heterocycles. The smallest absolute Gasteiger partial charge is 0.346 e. The number of carbonyl (C=O) groups is 1. The first-order valence-electron chi connectivity index (χ1n) is 3.12. The van der Waals surface area contributed by atoms with Crippen molar-refractivity contribution in [3.8, 4) is 6.07 Å². The van der Waals surface area contributed by atoms with E-state index in [1.165, 1.54) is 12.3 Å². The van der Waals surface area contributed by atoms with Gasteiger partial charge in [0.25, 0.3) is 0 Å². The zero-order valence-electron chi connectivity index (χ0n) is 6.02. The number of hydrogen-bond donors (Lipinski definition) is 1. The highest BCUT2D eigenvalue weighted by molar-refractivity contribution is 5.96. The van der Waals surface area contributed by atoms with E-state index in [1.807, 2.05) is 0 Å². The van der Waals surface area contributed by atoms with Crippen LogP contribution in [0.5, 0.6) is 0 Å². The SMILES string of the molecule is N#C/C(=C\c1ccco1)C(=O)O. The van der Waals surface area contributed by atoms with Gasteiger partial charge in [0.05, 0.1) is 6.26 Å². The Balaban J connectivity index is 2.95. The average molecular weight is 163 g/mol. The quantitative estimate of drug-likeness (QED) is 0.526. The lowest BCUT2D eigenvalue weighted by molar-refractivity contribution is -0.132. The van der Waals surface area contributed by atoms with Crippen LogP contribution in [0.2, 0.25) is 0 Å². The Kier molecular flexibility index (Phi) is 2.29. The number of nitrogens with zero attached hydrogens (tertiary/aromatic N) is 1. The monoisotopic (exact) mass is 163 g/mol. The Morgan fingerprint density at radius 3 is 2.92 bits per heavy atom. The zero-order valence-corrected chi connectivity index (χ0v) is 6.02. The lowest BCUT2D eigenvalue weighted by Crippen LogP contribution is -1.96. The van der Waals surface area contributed by atoms with E-state index in [0.29, 0.717) is 5.76 Å². The van der Waals surface area contributed by atoms with Crippen molar-refractivity contribution in [3.05, 3.63) is 29.7 Å². The second-order valence-electron chi connectivity index (χ2n) is 1.99. The van der Waals surface area contributed by atoms with Crippen molar-refractivity contribution in [2.45, 2.75) is 0 Å². The molecular weight excluding hydrogens is 158 g/mol. The molecule has 0 atom stereocenters. The van der Waals surface area contributed by atoms with E-state index < -0.39 is 5.97 Å². The molecule has 0 aliphatic carbocycles. The molecule has 1 heterocycles. The summed E-state index contributed by atoms with van der Waals surface area (Å²) in [5.41, 5.74) is -0.343. The second-order valence-corrected chi connectivity index (χ2v) is 1.99. The molecule has 12 heavy (non-hydrogen) atoms. The molecule has 4 heteroatoms. The predicted molar refractivity (Wildman–Crippen MR) is 39.9 cm³/mol. The molecule has 0 saturated heterocycles. The van der Waals surface area contributed by atoms with E-state index in [9.17, 15) is 4.79 Å². The molecule has 1 aromatic rings. The highest BCUT2D eigenvalue weighted by atomic mass is 16.4. The van der Waals surface area contributed by atoms with Crippen LogP contribution in [0, 0.1) is 11.3 Å². The van der Waals surface area contributed by atoms with Crippen molar-refractivity contribution in [2.24, 2.45) is 0 Å². The summed E-state index contributed by atoms with van der Waals surface area (Å²) in [6.07, 6.45) is 2.57. The summed E-state index contributed by atoms with van der Waals surface area (Å²) in [5.74, 6) is -0.900. The maximum Gasteiger partial charge on any atom is 0.346 e. The third-order valence-corrected chi connectivity index (χ3v) is 1.18. The van der Waals surface area contributed by atoms with Gasteiger partial charge in [-0.05, 0) is 12.1 Å². The molecule has 1 rings (SSSR count). The van der Waals surface area contributed by atoms with Crippen molar-refractivity contribution >= 4 is 12.0 Å². The van der Waals surface area contributed by atoms with Gasteiger partial charge in [-0.25, -0.2) is 4.79 Å². The molecule has 60 valence electrons. The number of rotatable bonds is 2. The van der Waals surface area contributed by atoms with Crippen LogP contribution in [0.15, 0.2) is 28.4 Å². The van der Waals surface area contributed by atoms with Crippen molar-refractivity contribution in [2.75, 3.05) is 0 Å². The van der Waals surface area contributed by atoms with E-state index in [4.69, 9.17) is 14.8 Å². The summed E-state index contributed by atoms with van der Waals surface area (Å²) in [6.45, 7) is 0. The Hall–Kier alpha value is -2.02. The normalized spacial score (nSPS) is 10.8. The first-order valence-corrected chi connectivity index (χ1v) is 3.12. The number of aliphatic carboxylic acids is 1. The van der Waals surface area contributed by atoms with Gasteiger partial charge in [-0.1, -0.05) is 0 Å². The first kappa shape index (κ1) is 8.08. The van der Waals surface area contributed by atoms with Gasteiger partial charge < -0.3 is 9.52 Å². The van der Waals surface area contributed by atoms with Gasteiger partial charge in [0.15, 0.2) is 0 Å². The van der Waals surface area contributed by atoms with Gasteiger partial charge >= 0.3 is 5.97 Å². The van der Waals surface area contributed by atoms with Crippen LogP contribution in [0.3, 0.4) is 0 Å². The minimum Gasteiger partial charge on any atom is -0.477 e. The number of carboxylic acid groups (broad SMARTS) is 1. The average Bonchev–Trinajstić information content (AvgIpc) is 2.51. The molecule has 0 unspecified atom stereocenters.